The van der Waals surface area contributed by atoms with Crippen LogP contribution in [0.25, 0.3) is 5.52 Å². The molecule has 5 nitrogen and oxygen atoms in total. The first kappa shape index (κ1) is 14.5. The molecule has 0 saturated carbocycles. The Bertz CT molecular complexity index is 743. The second-order valence-electron chi connectivity index (χ2n) is 5.28. The maximum atomic E-state index is 12.0. The first-order valence-electron chi connectivity index (χ1n) is 6.76. The van der Waals surface area contributed by atoms with Crippen LogP contribution in [-0.2, 0) is 10.8 Å². The number of aromatic nitrogens is 2. The highest BCUT2D eigenvalue weighted by Gasteiger charge is 2.27. The molecule has 0 radical (unpaired) electrons. The number of fused-ring (bicyclic) bond motifs is 1. The van der Waals surface area contributed by atoms with E-state index in [0.29, 0.717) is 29.4 Å². The minimum Gasteiger partial charge on any atom is -0.355 e. The summed E-state index contributed by atoms with van der Waals surface area (Å²) in [6.07, 6.45) is 3.35. The van der Waals surface area contributed by atoms with Crippen LogP contribution in [0.2, 0.25) is 5.02 Å². The van der Waals surface area contributed by atoms with E-state index < -0.39 is 10.8 Å². The molecular formula is C14H16ClN3O2S. The van der Waals surface area contributed by atoms with Crippen molar-refractivity contribution < 1.29 is 9.00 Å². The highest BCUT2D eigenvalue weighted by Crippen LogP contribution is 2.30. The third-order valence-corrected chi connectivity index (χ3v) is 5.73. The maximum Gasteiger partial charge on any atom is 0.163 e. The summed E-state index contributed by atoms with van der Waals surface area (Å²) in [6, 6.07) is 1.70. The van der Waals surface area contributed by atoms with Gasteiger partial charge in [-0.25, -0.2) is 4.98 Å². The number of pyridine rings is 1. The highest BCUT2D eigenvalue weighted by molar-refractivity contribution is 7.85. The number of ketones is 1. The summed E-state index contributed by atoms with van der Waals surface area (Å²) in [5.74, 6) is 1.36. The van der Waals surface area contributed by atoms with Crippen molar-refractivity contribution in [1.82, 2.24) is 9.38 Å². The molecule has 0 N–H and O–H groups in total. The minimum absolute atomic E-state index is 0.0400. The van der Waals surface area contributed by atoms with Crippen molar-refractivity contribution in [2.75, 3.05) is 23.7 Å². The van der Waals surface area contributed by atoms with E-state index in [1.165, 1.54) is 6.92 Å². The van der Waals surface area contributed by atoms with Gasteiger partial charge in [0.05, 0.1) is 22.3 Å². The Morgan fingerprint density at radius 3 is 2.95 bits per heavy atom. The summed E-state index contributed by atoms with van der Waals surface area (Å²) in [4.78, 5) is 18.2. The molecule has 7 heteroatoms. The molecule has 2 aromatic rings. The highest BCUT2D eigenvalue weighted by atomic mass is 35.5. The van der Waals surface area contributed by atoms with E-state index in [9.17, 15) is 9.00 Å². The van der Waals surface area contributed by atoms with Gasteiger partial charge in [0.1, 0.15) is 12.1 Å². The van der Waals surface area contributed by atoms with E-state index in [1.54, 1.807) is 18.6 Å². The van der Waals surface area contributed by atoms with E-state index in [2.05, 4.69) is 9.88 Å². The average molecular weight is 326 g/mol. The fraction of sp³-hybridized carbons (Fsp3) is 0.429. The number of anilines is 1. The minimum atomic E-state index is -0.803. The molecular weight excluding hydrogens is 310 g/mol. The second-order valence-corrected chi connectivity index (χ2v) is 7.66. The van der Waals surface area contributed by atoms with Crippen molar-refractivity contribution in [2.24, 2.45) is 0 Å². The molecule has 1 fully saturated rings. The number of nitrogens with zero attached hydrogens (tertiary/aromatic N) is 3. The molecule has 0 spiro atoms. The predicted molar refractivity (Wildman–Crippen MR) is 84.9 cm³/mol. The SMILES string of the molecule is CC(=O)c1cc(Cl)c2cncn2c1N1CCS(=O)C(C)C1. The first-order valence-corrected chi connectivity index (χ1v) is 8.52. The van der Waals surface area contributed by atoms with Crippen LogP contribution in [0.1, 0.15) is 24.2 Å². The van der Waals surface area contributed by atoms with E-state index in [4.69, 9.17) is 11.6 Å². The number of imidazole rings is 1. The van der Waals surface area contributed by atoms with Gasteiger partial charge >= 0.3 is 0 Å². The molecule has 1 aliphatic heterocycles. The Labute approximate surface area is 130 Å². The van der Waals surface area contributed by atoms with E-state index in [1.807, 2.05) is 11.3 Å². The molecule has 0 aromatic carbocycles. The van der Waals surface area contributed by atoms with Crippen LogP contribution in [0, 0.1) is 0 Å². The summed E-state index contributed by atoms with van der Waals surface area (Å²) in [7, 11) is -0.803. The van der Waals surface area contributed by atoms with Crippen LogP contribution in [0.5, 0.6) is 0 Å². The summed E-state index contributed by atoms with van der Waals surface area (Å²) in [6.45, 7) is 4.81. The number of hydrogen-bond donors (Lipinski definition) is 0. The fourth-order valence-corrected chi connectivity index (χ4v) is 4.09. The van der Waals surface area contributed by atoms with Gasteiger partial charge in [0.15, 0.2) is 5.78 Å². The normalized spacial score (nSPS) is 22.7. The molecule has 0 bridgehead atoms. The Balaban J connectivity index is 2.18. The van der Waals surface area contributed by atoms with Crippen LogP contribution < -0.4 is 4.90 Å². The quantitative estimate of drug-likeness (QED) is 0.794. The van der Waals surface area contributed by atoms with Crippen molar-refractivity contribution >= 4 is 39.5 Å². The Kier molecular flexibility index (Phi) is 3.75. The predicted octanol–water partition coefficient (Wildman–Crippen LogP) is 2.15. The van der Waals surface area contributed by atoms with Gasteiger partial charge in [0, 0.05) is 34.9 Å². The number of carbonyl (C=O) groups is 1. The van der Waals surface area contributed by atoms with E-state index in [0.717, 1.165) is 11.3 Å². The van der Waals surface area contributed by atoms with Gasteiger partial charge in [-0.05, 0) is 19.9 Å². The van der Waals surface area contributed by atoms with Crippen molar-refractivity contribution in [3.05, 3.63) is 29.2 Å². The maximum absolute atomic E-state index is 12.0. The lowest BCUT2D eigenvalue weighted by Gasteiger charge is -2.33. The Hall–Kier alpha value is -1.40. The van der Waals surface area contributed by atoms with Gasteiger partial charge < -0.3 is 4.90 Å². The first-order chi connectivity index (χ1) is 9.99. The zero-order chi connectivity index (χ0) is 15.1. The van der Waals surface area contributed by atoms with Crippen molar-refractivity contribution in [2.45, 2.75) is 19.1 Å². The summed E-state index contributed by atoms with van der Waals surface area (Å²) in [5.41, 5.74) is 1.35. The average Bonchev–Trinajstić information content (AvgIpc) is 2.91. The van der Waals surface area contributed by atoms with Crippen molar-refractivity contribution in [3.8, 4) is 0 Å². The van der Waals surface area contributed by atoms with E-state index in [-0.39, 0.29) is 11.0 Å². The molecule has 0 amide bonds. The Morgan fingerprint density at radius 2 is 2.29 bits per heavy atom. The number of rotatable bonds is 2. The van der Waals surface area contributed by atoms with E-state index >= 15 is 0 Å². The molecule has 2 atom stereocenters. The number of Topliss-reactive ketones (excluding diaryl/α,β-unsaturated/α-hetero) is 1. The van der Waals surface area contributed by atoms with Crippen LogP contribution in [0.3, 0.4) is 0 Å². The lowest BCUT2D eigenvalue weighted by Crippen LogP contribution is -2.44. The van der Waals surface area contributed by atoms with Gasteiger partial charge in [-0.3, -0.25) is 13.4 Å². The summed E-state index contributed by atoms with van der Waals surface area (Å²) >= 11 is 6.23. The van der Waals surface area contributed by atoms with Gasteiger partial charge in [-0.15, -0.1) is 0 Å². The number of hydrogen-bond acceptors (Lipinski definition) is 4. The van der Waals surface area contributed by atoms with Crippen LogP contribution in [0.4, 0.5) is 5.82 Å². The molecule has 2 aromatic heterocycles. The molecule has 3 heterocycles. The van der Waals surface area contributed by atoms with Crippen molar-refractivity contribution in [1.29, 1.82) is 0 Å². The molecule has 2 unspecified atom stereocenters. The third-order valence-electron chi connectivity index (χ3n) is 3.79. The molecule has 0 aliphatic carbocycles. The topological polar surface area (TPSA) is 54.7 Å². The largest absolute Gasteiger partial charge is 0.355 e. The summed E-state index contributed by atoms with van der Waals surface area (Å²) in [5, 5.41) is 0.586. The standard InChI is InChI=1S/C14H16ClN3O2S/c1-9-7-17(3-4-21(9)20)14-11(10(2)19)5-12(15)13-6-16-8-18(13)14/h5-6,8-9H,3-4,7H2,1-2H3. The number of halogens is 1. The lowest BCUT2D eigenvalue weighted by molar-refractivity contribution is 0.101. The summed E-state index contributed by atoms with van der Waals surface area (Å²) < 4.78 is 13.7. The van der Waals surface area contributed by atoms with Gasteiger partial charge in [0.2, 0.25) is 0 Å². The van der Waals surface area contributed by atoms with Crippen LogP contribution in [0.15, 0.2) is 18.6 Å². The fourth-order valence-electron chi connectivity index (χ4n) is 2.70. The van der Waals surface area contributed by atoms with Crippen molar-refractivity contribution in [3.63, 3.8) is 0 Å². The van der Waals surface area contributed by atoms with Crippen LogP contribution >= 0.6 is 11.6 Å². The molecule has 1 aliphatic rings. The monoisotopic (exact) mass is 325 g/mol. The molecule has 1 saturated heterocycles. The molecule has 21 heavy (non-hydrogen) atoms. The number of carbonyl (C=O) groups excluding carboxylic acids is 1. The smallest absolute Gasteiger partial charge is 0.163 e. The second kappa shape index (κ2) is 5.42. The molecule has 112 valence electrons. The zero-order valence-corrected chi connectivity index (χ0v) is 13.4. The van der Waals surface area contributed by atoms with Gasteiger partial charge in [-0.2, -0.15) is 0 Å². The third kappa shape index (κ3) is 2.46. The van der Waals surface area contributed by atoms with Crippen LogP contribution in [-0.4, -0.2) is 43.5 Å². The van der Waals surface area contributed by atoms with Gasteiger partial charge in [-0.1, -0.05) is 11.6 Å². The molecule has 3 rings (SSSR count). The lowest BCUT2D eigenvalue weighted by atomic mass is 10.1. The zero-order valence-electron chi connectivity index (χ0n) is 11.9. The Morgan fingerprint density at radius 1 is 1.52 bits per heavy atom. The van der Waals surface area contributed by atoms with Gasteiger partial charge in [0.25, 0.3) is 0 Å².